The molecule has 168 valence electrons. The zero-order valence-corrected chi connectivity index (χ0v) is 19.0. The maximum Gasteiger partial charge on any atom is 0.488 e. The molecule has 0 bridgehead atoms. The molecule has 0 amide bonds. The second kappa shape index (κ2) is 8.80. The van der Waals surface area contributed by atoms with Gasteiger partial charge in [-0.3, -0.25) is 0 Å². The monoisotopic (exact) mass is 454 g/mol. The van der Waals surface area contributed by atoms with Crippen LogP contribution in [0.2, 0.25) is 0 Å². The van der Waals surface area contributed by atoms with Crippen LogP contribution in [-0.4, -0.2) is 21.7 Å². The number of hydrogen-bond acceptors (Lipinski definition) is 3. The second-order valence-corrected chi connectivity index (χ2v) is 8.53. The lowest BCUT2D eigenvalue weighted by Crippen LogP contribution is -2.29. The van der Waals surface area contributed by atoms with Crippen molar-refractivity contribution in [2.45, 2.75) is 0 Å². The van der Waals surface area contributed by atoms with Crippen LogP contribution in [0.5, 0.6) is 0 Å². The van der Waals surface area contributed by atoms with E-state index in [9.17, 15) is 10.0 Å². The van der Waals surface area contributed by atoms with Crippen molar-refractivity contribution in [3.05, 3.63) is 127 Å². The highest BCUT2D eigenvalue weighted by molar-refractivity contribution is 6.58. The molecule has 6 rings (SSSR count). The fourth-order valence-corrected chi connectivity index (χ4v) is 4.78. The molecule has 0 radical (unpaired) electrons. The van der Waals surface area contributed by atoms with E-state index in [1.807, 2.05) is 30.3 Å². The molecule has 35 heavy (non-hydrogen) atoms. The number of benzene rings is 5. The standard InChI is InChI=1S/C30H23BN2O2/c34-31(35)22-15-17-25(18-16-22)33-29-14-8-7-13-27(29)28-21-26(19-20-30(28)33)32(23-9-3-1-4-10-23)24-11-5-2-6-12-24/h1-21,34-35H. The summed E-state index contributed by atoms with van der Waals surface area (Å²) in [7, 11) is -1.48. The van der Waals surface area contributed by atoms with Gasteiger partial charge in [0.1, 0.15) is 0 Å². The van der Waals surface area contributed by atoms with Crippen LogP contribution in [0.3, 0.4) is 0 Å². The Hall–Kier alpha value is -4.32. The molecule has 0 saturated heterocycles. The summed E-state index contributed by atoms with van der Waals surface area (Å²) in [4.78, 5) is 2.27. The Morgan fingerprint density at radius 2 is 1.09 bits per heavy atom. The predicted octanol–water partition coefficient (Wildman–Crippen LogP) is 5.93. The Labute approximate surface area is 204 Å². The Morgan fingerprint density at radius 3 is 1.71 bits per heavy atom. The van der Waals surface area contributed by atoms with E-state index in [2.05, 4.69) is 94.4 Å². The summed E-state index contributed by atoms with van der Waals surface area (Å²) in [6, 6.07) is 43.1. The zero-order valence-electron chi connectivity index (χ0n) is 19.0. The van der Waals surface area contributed by atoms with Gasteiger partial charge in [-0.15, -0.1) is 0 Å². The first-order chi connectivity index (χ1) is 17.2. The molecule has 0 atom stereocenters. The molecular formula is C30H23BN2O2. The molecule has 1 aromatic heterocycles. The highest BCUT2D eigenvalue weighted by Crippen LogP contribution is 2.39. The molecule has 4 nitrogen and oxygen atoms in total. The van der Waals surface area contributed by atoms with Crippen LogP contribution in [-0.2, 0) is 0 Å². The van der Waals surface area contributed by atoms with Crippen molar-refractivity contribution in [1.29, 1.82) is 0 Å². The van der Waals surface area contributed by atoms with Crippen molar-refractivity contribution in [2.24, 2.45) is 0 Å². The number of aromatic nitrogens is 1. The molecule has 0 aliphatic carbocycles. The molecule has 5 aromatic carbocycles. The van der Waals surface area contributed by atoms with E-state index in [-0.39, 0.29) is 0 Å². The van der Waals surface area contributed by atoms with Crippen LogP contribution in [0.1, 0.15) is 0 Å². The summed E-state index contributed by atoms with van der Waals surface area (Å²) >= 11 is 0. The number of anilines is 3. The topological polar surface area (TPSA) is 48.6 Å². The summed E-state index contributed by atoms with van der Waals surface area (Å²) < 4.78 is 2.22. The first-order valence-electron chi connectivity index (χ1n) is 11.6. The average molecular weight is 454 g/mol. The lowest BCUT2D eigenvalue weighted by molar-refractivity contribution is 0.426. The Kier molecular flexibility index (Phi) is 5.34. The number of fused-ring (bicyclic) bond motifs is 3. The molecule has 0 aliphatic heterocycles. The van der Waals surface area contributed by atoms with Crippen LogP contribution in [0.25, 0.3) is 27.5 Å². The lowest BCUT2D eigenvalue weighted by atomic mass is 9.80. The van der Waals surface area contributed by atoms with Crippen molar-refractivity contribution in [3.8, 4) is 5.69 Å². The smallest absolute Gasteiger partial charge is 0.423 e. The van der Waals surface area contributed by atoms with Crippen molar-refractivity contribution >= 4 is 51.4 Å². The van der Waals surface area contributed by atoms with Crippen molar-refractivity contribution in [2.75, 3.05) is 4.90 Å². The summed E-state index contributed by atoms with van der Waals surface area (Å²) in [5.41, 5.74) is 6.90. The van der Waals surface area contributed by atoms with Gasteiger partial charge in [0, 0.05) is 33.5 Å². The fraction of sp³-hybridized carbons (Fsp3) is 0. The Morgan fingerprint density at radius 1 is 0.514 bits per heavy atom. The third kappa shape index (κ3) is 3.77. The van der Waals surface area contributed by atoms with E-state index in [1.54, 1.807) is 12.1 Å². The summed E-state index contributed by atoms with van der Waals surface area (Å²) in [5, 5.41) is 21.3. The third-order valence-electron chi connectivity index (χ3n) is 6.39. The molecule has 2 N–H and O–H groups in total. The van der Waals surface area contributed by atoms with E-state index in [0.717, 1.165) is 44.6 Å². The van der Waals surface area contributed by atoms with E-state index in [0.29, 0.717) is 5.46 Å². The van der Waals surface area contributed by atoms with Crippen molar-refractivity contribution < 1.29 is 10.0 Å². The maximum atomic E-state index is 9.50. The molecule has 0 spiro atoms. The Bertz CT molecular complexity index is 1570. The van der Waals surface area contributed by atoms with Gasteiger partial charge in [0.05, 0.1) is 11.0 Å². The van der Waals surface area contributed by atoms with Gasteiger partial charge in [0.25, 0.3) is 0 Å². The van der Waals surface area contributed by atoms with Gasteiger partial charge in [-0.1, -0.05) is 66.7 Å². The van der Waals surface area contributed by atoms with Crippen LogP contribution >= 0.6 is 0 Å². The van der Waals surface area contributed by atoms with Crippen LogP contribution in [0.4, 0.5) is 17.1 Å². The van der Waals surface area contributed by atoms with Gasteiger partial charge in [0.2, 0.25) is 0 Å². The lowest BCUT2D eigenvalue weighted by Gasteiger charge is -2.25. The van der Waals surface area contributed by atoms with Gasteiger partial charge in [-0.2, -0.15) is 0 Å². The zero-order chi connectivity index (χ0) is 23.8. The van der Waals surface area contributed by atoms with Gasteiger partial charge < -0.3 is 19.5 Å². The summed E-state index contributed by atoms with van der Waals surface area (Å²) in [6.45, 7) is 0. The normalized spacial score (nSPS) is 11.1. The van der Waals surface area contributed by atoms with Crippen LogP contribution < -0.4 is 10.4 Å². The predicted molar refractivity (Wildman–Crippen MR) is 145 cm³/mol. The first kappa shape index (κ1) is 21.2. The van der Waals surface area contributed by atoms with Crippen LogP contribution in [0, 0.1) is 0 Å². The minimum atomic E-state index is -1.48. The minimum absolute atomic E-state index is 0.471. The number of rotatable bonds is 5. The highest BCUT2D eigenvalue weighted by Gasteiger charge is 2.17. The third-order valence-corrected chi connectivity index (χ3v) is 6.39. The Balaban J connectivity index is 1.57. The summed E-state index contributed by atoms with van der Waals surface area (Å²) in [6.07, 6.45) is 0. The van der Waals surface area contributed by atoms with E-state index in [4.69, 9.17) is 0 Å². The fourth-order valence-electron chi connectivity index (χ4n) is 4.78. The molecule has 0 aliphatic rings. The first-order valence-corrected chi connectivity index (χ1v) is 11.6. The SMILES string of the molecule is OB(O)c1ccc(-n2c3ccccc3c3cc(N(c4ccccc4)c4ccccc4)ccc32)cc1. The molecule has 0 fully saturated rings. The quantitative estimate of drug-likeness (QED) is 0.318. The van der Waals surface area contributed by atoms with Crippen molar-refractivity contribution in [1.82, 2.24) is 4.57 Å². The summed E-state index contributed by atoms with van der Waals surface area (Å²) in [5.74, 6) is 0. The van der Waals surface area contributed by atoms with Gasteiger partial charge in [-0.25, -0.2) is 0 Å². The molecule has 0 unspecified atom stereocenters. The van der Waals surface area contributed by atoms with Crippen molar-refractivity contribution in [3.63, 3.8) is 0 Å². The number of hydrogen-bond donors (Lipinski definition) is 2. The molecular weight excluding hydrogens is 431 g/mol. The van der Waals surface area contributed by atoms with Gasteiger partial charge in [0.15, 0.2) is 0 Å². The van der Waals surface area contributed by atoms with Gasteiger partial charge >= 0.3 is 7.12 Å². The average Bonchev–Trinajstić information content (AvgIpc) is 3.24. The largest absolute Gasteiger partial charge is 0.488 e. The highest BCUT2D eigenvalue weighted by atomic mass is 16.4. The van der Waals surface area contributed by atoms with E-state index >= 15 is 0 Å². The molecule has 6 aromatic rings. The molecule has 1 heterocycles. The minimum Gasteiger partial charge on any atom is -0.423 e. The molecule has 0 saturated carbocycles. The van der Waals surface area contributed by atoms with E-state index in [1.165, 1.54) is 0 Å². The maximum absolute atomic E-state index is 9.50. The second-order valence-electron chi connectivity index (χ2n) is 8.53. The number of para-hydroxylation sites is 3. The van der Waals surface area contributed by atoms with Crippen LogP contribution in [0.15, 0.2) is 127 Å². The number of nitrogens with zero attached hydrogens (tertiary/aromatic N) is 2. The van der Waals surface area contributed by atoms with Gasteiger partial charge in [-0.05, 0) is 66.1 Å². The molecule has 5 heteroatoms. The van der Waals surface area contributed by atoms with E-state index < -0.39 is 7.12 Å².